The van der Waals surface area contributed by atoms with Gasteiger partial charge < -0.3 is 36.5 Å². The number of rotatable bonds is 23. The average molecular weight is 593 g/mol. The SMILES string of the molecule is CCCCCCCCNc1nc(NCCc2ccccc2)nc(Nc2cccc(C(=O)NCCOCCOCCN)c2)n1. The van der Waals surface area contributed by atoms with E-state index in [2.05, 4.69) is 55.3 Å². The highest BCUT2D eigenvalue weighted by Gasteiger charge is 2.10. The van der Waals surface area contributed by atoms with Gasteiger partial charge in [-0.3, -0.25) is 4.79 Å². The fraction of sp³-hybridized carbons (Fsp3) is 0.500. The van der Waals surface area contributed by atoms with Crippen molar-refractivity contribution < 1.29 is 14.3 Å². The molecule has 11 heteroatoms. The van der Waals surface area contributed by atoms with Crippen LogP contribution < -0.4 is 27.0 Å². The zero-order valence-electron chi connectivity index (χ0n) is 25.4. The van der Waals surface area contributed by atoms with Crippen LogP contribution in [-0.2, 0) is 15.9 Å². The first kappa shape index (κ1) is 33.7. The molecule has 1 heterocycles. The summed E-state index contributed by atoms with van der Waals surface area (Å²) >= 11 is 0. The smallest absolute Gasteiger partial charge is 0.251 e. The lowest BCUT2D eigenvalue weighted by molar-refractivity contribution is 0.0511. The Morgan fingerprint density at radius 2 is 1.44 bits per heavy atom. The Bertz CT molecular complexity index is 1180. The van der Waals surface area contributed by atoms with Crippen molar-refractivity contribution in [2.45, 2.75) is 51.9 Å². The van der Waals surface area contributed by atoms with Gasteiger partial charge in [0.05, 0.1) is 26.4 Å². The Morgan fingerprint density at radius 3 is 2.21 bits per heavy atom. The van der Waals surface area contributed by atoms with Gasteiger partial charge in [0.1, 0.15) is 0 Å². The van der Waals surface area contributed by atoms with Gasteiger partial charge in [0.25, 0.3) is 5.91 Å². The number of amides is 1. The summed E-state index contributed by atoms with van der Waals surface area (Å²) in [5.41, 5.74) is 7.84. The minimum Gasteiger partial charge on any atom is -0.378 e. The largest absolute Gasteiger partial charge is 0.378 e. The number of carbonyl (C=O) groups excluding carboxylic acids is 1. The van der Waals surface area contributed by atoms with Gasteiger partial charge in [-0.2, -0.15) is 15.0 Å². The first-order valence-corrected chi connectivity index (χ1v) is 15.5. The molecule has 0 spiro atoms. The predicted molar refractivity (Wildman–Crippen MR) is 173 cm³/mol. The molecule has 3 aromatic rings. The topological polar surface area (TPSA) is 148 Å². The number of unbranched alkanes of at least 4 members (excludes halogenated alkanes) is 5. The summed E-state index contributed by atoms with van der Waals surface area (Å²) in [4.78, 5) is 26.5. The number of nitrogens with one attached hydrogen (secondary N) is 4. The number of nitrogens with two attached hydrogens (primary N) is 1. The fourth-order valence-corrected chi connectivity index (χ4v) is 4.27. The molecule has 0 saturated carbocycles. The van der Waals surface area contributed by atoms with Crippen molar-refractivity contribution >= 4 is 29.4 Å². The summed E-state index contributed by atoms with van der Waals surface area (Å²) in [6.07, 6.45) is 8.13. The molecule has 0 saturated heterocycles. The lowest BCUT2D eigenvalue weighted by Crippen LogP contribution is -2.27. The van der Waals surface area contributed by atoms with Crippen molar-refractivity contribution in [3.05, 3.63) is 65.7 Å². The van der Waals surface area contributed by atoms with E-state index in [0.29, 0.717) is 75.2 Å². The number of benzene rings is 2. The van der Waals surface area contributed by atoms with Crippen molar-refractivity contribution in [2.75, 3.05) is 68.6 Å². The van der Waals surface area contributed by atoms with Crippen LogP contribution in [0, 0.1) is 0 Å². The molecule has 1 aromatic heterocycles. The van der Waals surface area contributed by atoms with Crippen LogP contribution >= 0.6 is 0 Å². The highest BCUT2D eigenvalue weighted by Crippen LogP contribution is 2.18. The molecule has 6 N–H and O–H groups in total. The van der Waals surface area contributed by atoms with Gasteiger partial charge in [0, 0.05) is 37.4 Å². The Hall–Kier alpha value is -3.80. The summed E-state index contributed by atoms with van der Waals surface area (Å²) in [6, 6.07) is 17.5. The molecule has 0 unspecified atom stereocenters. The van der Waals surface area contributed by atoms with E-state index in [9.17, 15) is 4.79 Å². The first-order chi connectivity index (χ1) is 21.2. The molecule has 43 heavy (non-hydrogen) atoms. The number of hydrogen-bond acceptors (Lipinski definition) is 10. The van der Waals surface area contributed by atoms with Crippen molar-refractivity contribution in [3.8, 4) is 0 Å². The van der Waals surface area contributed by atoms with Crippen LogP contribution in [0.4, 0.5) is 23.5 Å². The summed E-state index contributed by atoms with van der Waals surface area (Å²) in [6.45, 7) is 6.44. The van der Waals surface area contributed by atoms with Crippen LogP contribution in [0.5, 0.6) is 0 Å². The second-order valence-corrected chi connectivity index (χ2v) is 10.1. The van der Waals surface area contributed by atoms with Crippen LogP contribution in [0.3, 0.4) is 0 Å². The zero-order chi connectivity index (χ0) is 30.4. The Kier molecular flexibility index (Phi) is 16.4. The van der Waals surface area contributed by atoms with E-state index in [1.165, 1.54) is 37.7 Å². The number of nitrogens with zero attached hydrogens (tertiary/aromatic N) is 3. The van der Waals surface area contributed by atoms with E-state index in [1.54, 1.807) is 12.1 Å². The van der Waals surface area contributed by atoms with Crippen LogP contribution in [0.2, 0.25) is 0 Å². The molecule has 0 atom stereocenters. The van der Waals surface area contributed by atoms with Gasteiger partial charge in [-0.1, -0.05) is 75.4 Å². The normalized spacial score (nSPS) is 10.8. The zero-order valence-corrected chi connectivity index (χ0v) is 25.4. The second-order valence-electron chi connectivity index (χ2n) is 10.1. The lowest BCUT2D eigenvalue weighted by Gasteiger charge is -2.12. The van der Waals surface area contributed by atoms with E-state index in [1.807, 2.05) is 30.3 Å². The van der Waals surface area contributed by atoms with Crippen LogP contribution in [0.25, 0.3) is 0 Å². The second kappa shape index (κ2) is 21.0. The summed E-state index contributed by atoms with van der Waals surface area (Å²) in [5, 5.41) is 12.8. The maximum Gasteiger partial charge on any atom is 0.251 e. The van der Waals surface area contributed by atoms with Gasteiger partial charge in [-0.05, 0) is 36.6 Å². The van der Waals surface area contributed by atoms with E-state index in [-0.39, 0.29) is 5.91 Å². The van der Waals surface area contributed by atoms with Gasteiger partial charge >= 0.3 is 0 Å². The maximum absolute atomic E-state index is 12.7. The molecule has 1 amide bonds. The molecule has 0 fully saturated rings. The quantitative estimate of drug-likeness (QED) is 0.0976. The Morgan fingerprint density at radius 1 is 0.744 bits per heavy atom. The van der Waals surface area contributed by atoms with Gasteiger partial charge in [-0.15, -0.1) is 0 Å². The monoisotopic (exact) mass is 592 g/mol. The summed E-state index contributed by atoms with van der Waals surface area (Å²) < 4.78 is 10.7. The van der Waals surface area contributed by atoms with Gasteiger partial charge in [-0.25, -0.2) is 0 Å². The third kappa shape index (κ3) is 14.3. The number of anilines is 4. The molecular weight excluding hydrogens is 544 g/mol. The van der Waals surface area contributed by atoms with Crippen molar-refractivity contribution in [2.24, 2.45) is 5.73 Å². The first-order valence-electron chi connectivity index (χ1n) is 15.5. The van der Waals surface area contributed by atoms with Gasteiger partial charge in [0.15, 0.2) is 0 Å². The van der Waals surface area contributed by atoms with Crippen molar-refractivity contribution in [1.82, 2.24) is 20.3 Å². The molecule has 234 valence electrons. The van der Waals surface area contributed by atoms with Gasteiger partial charge in [0.2, 0.25) is 17.8 Å². The third-order valence-electron chi connectivity index (χ3n) is 6.54. The number of hydrogen-bond donors (Lipinski definition) is 5. The molecule has 2 aromatic carbocycles. The average Bonchev–Trinajstić information content (AvgIpc) is 3.02. The summed E-state index contributed by atoms with van der Waals surface area (Å²) in [7, 11) is 0. The number of ether oxygens (including phenoxy) is 2. The van der Waals surface area contributed by atoms with Crippen LogP contribution in [0.15, 0.2) is 54.6 Å². The van der Waals surface area contributed by atoms with Crippen molar-refractivity contribution in [1.29, 1.82) is 0 Å². The van der Waals surface area contributed by atoms with E-state index < -0.39 is 0 Å². The Labute approximate surface area is 255 Å². The highest BCUT2D eigenvalue weighted by atomic mass is 16.5. The molecule has 0 aliphatic heterocycles. The van der Waals surface area contributed by atoms with E-state index in [4.69, 9.17) is 15.2 Å². The van der Waals surface area contributed by atoms with E-state index >= 15 is 0 Å². The molecule has 0 radical (unpaired) electrons. The molecule has 0 aliphatic carbocycles. The number of carbonyl (C=O) groups is 1. The molecule has 0 bridgehead atoms. The van der Waals surface area contributed by atoms with Crippen LogP contribution in [0.1, 0.15) is 61.4 Å². The standard InChI is InChI=1S/C32H48N8O3/c1-2-3-4-5-6-10-18-35-30-38-31(36-19-16-26-12-8-7-9-13-26)40-32(39-30)37-28-15-11-14-27(25-28)29(41)34-20-22-43-24-23-42-21-17-33/h7-9,11-15,25H,2-6,10,16-24,33H2,1H3,(H,34,41)(H3,35,36,37,38,39,40). The number of aromatic nitrogens is 3. The van der Waals surface area contributed by atoms with Crippen LogP contribution in [-0.4, -0.2) is 73.5 Å². The molecule has 0 aliphatic rings. The molecular formula is C32H48N8O3. The predicted octanol–water partition coefficient (Wildman–Crippen LogP) is 4.76. The fourth-order valence-electron chi connectivity index (χ4n) is 4.27. The summed E-state index contributed by atoms with van der Waals surface area (Å²) in [5.74, 6) is 1.20. The van der Waals surface area contributed by atoms with Crippen molar-refractivity contribution in [3.63, 3.8) is 0 Å². The minimum atomic E-state index is -0.188. The van der Waals surface area contributed by atoms with E-state index in [0.717, 1.165) is 19.4 Å². The molecule has 3 rings (SSSR count). The maximum atomic E-state index is 12.7. The highest BCUT2D eigenvalue weighted by molar-refractivity contribution is 5.95. The minimum absolute atomic E-state index is 0.188. The lowest BCUT2D eigenvalue weighted by atomic mass is 10.1. The third-order valence-corrected chi connectivity index (χ3v) is 6.54. The Balaban J connectivity index is 1.56. The molecule has 11 nitrogen and oxygen atoms in total.